The summed E-state index contributed by atoms with van der Waals surface area (Å²) in [4.78, 5) is 0. The molecular formula is C18H24F6. The molecule has 0 heterocycles. The molecule has 6 heteroatoms. The number of halogens is 6. The molecule has 0 unspecified atom stereocenters. The summed E-state index contributed by atoms with van der Waals surface area (Å²) in [7, 11) is 0. The van der Waals surface area contributed by atoms with Gasteiger partial charge >= 0.3 is 12.4 Å². The summed E-state index contributed by atoms with van der Waals surface area (Å²) in [6, 6.07) is 1.94. The number of alkyl halides is 6. The van der Waals surface area contributed by atoms with Crippen LogP contribution in [0.4, 0.5) is 26.3 Å². The molecule has 138 valence electrons. The van der Waals surface area contributed by atoms with Gasteiger partial charge in [0.05, 0.1) is 11.1 Å². The molecule has 0 saturated heterocycles. The number of benzene rings is 1. The number of hydrogen-bond acceptors (Lipinski definition) is 0. The average molecular weight is 354 g/mol. The lowest BCUT2D eigenvalue weighted by molar-refractivity contribution is -0.143. The van der Waals surface area contributed by atoms with Crippen LogP contribution in [0.3, 0.4) is 0 Å². The molecule has 0 atom stereocenters. The molecule has 0 radical (unpaired) electrons. The van der Waals surface area contributed by atoms with Gasteiger partial charge in [-0.15, -0.1) is 0 Å². The summed E-state index contributed by atoms with van der Waals surface area (Å²) in [5.74, 6) is 0.476. The van der Waals surface area contributed by atoms with E-state index in [1.807, 2.05) is 0 Å². The van der Waals surface area contributed by atoms with Gasteiger partial charge in [0.25, 0.3) is 0 Å². The van der Waals surface area contributed by atoms with Crippen LogP contribution in [0.5, 0.6) is 0 Å². The van der Waals surface area contributed by atoms with Gasteiger partial charge in [-0.3, -0.25) is 0 Å². The summed E-state index contributed by atoms with van der Waals surface area (Å²) >= 11 is 0. The van der Waals surface area contributed by atoms with Crippen molar-refractivity contribution >= 4 is 0 Å². The van der Waals surface area contributed by atoms with Crippen LogP contribution in [0.15, 0.2) is 18.2 Å². The summed E-state index contributed by atoms with van der Waals surface area (Å²) in [6.07, 6.45) is -3.91. The van der Waals surface area contributed by atoms with Crippen LogP contribution in [0, 0.1) is 5.92 Å². The normalized spacial score (nSPS) is 12.9. The highest BCUT2D eigenvalue weighted by Crippen LogP contribution is 2.38. The van der Waals surface area contributed by atoms with E-state index in [1.54, 1.807) is 0 Å². The van der Waals surface area contributed by atoms with Gasteiger partial charge in [0.15, 0.2) is 0 Å². The van der Waals surface area contributed by atoms with Gasteiger partial charge in [-0.25, -0.2) is 0 Å². The molecule has 0 fully saturated rings. The Morgan fingerprint density at radius 2 is 1.42 bits per heavy atom. The minimum Gasteiger partial charge on any atom is -0.166 e. The largest absolute Gasteiger partial charge is 0.416 e. The number of hydrogen-bond donors (Lipinski definition) is 0. The van der Waals surface area contributed by atoms with E-state index in [9.17, 15) is 26.3 Å². The van der Waals surface area contributed by atoms with Gasteiger partial charge in [-0.05, 0) is 36.5 Å². The van der Waals surface area contributed by atoms with E-state index < -0.39 is 23.5 Å². The summed E-state index contributed by atoms with van der Waals surface area (Å²) < 4.78 is 77.2. The minimum atomic E-state index is -4.77. The molecule has 1 aromatic rings. The van der Waals surface area contributed by atoms with Gasteiger partial charge < -0.3 is 0 Å². The maximum Gasteiger partial charge on any atom is 0.416 e. The number of aryl methyl sites for hydroxylation is 1. The van der Waals surface area contributed by atoms with Crippen LogP contribution in [0.1, 0.15) is 69.1 Å². The molecule has 0 aliphatic rings. The molecular weight excluding hydrogens is 330 g/mol. The Kier molecular flexibility index (Phi) is 7.61. The predicted octanol–water partition coefficient (Wildman–Crippen LogP) is 7.26. The quantitative estimate of drug-likeness (QED) is 0.431. The Morgan fingerprint density at radius 3 is 1.88 bits per heavy atom. The van der Waals surface area contributed by atoms with E-state index >= 15 is 0 Å². The van der Waals surface area contributed by atoms with E-state index in [2.05, 4.69) is 13.8 Å². The molecule has 0 spiro atoms. The first-order chi connectivity index (χ1) is 11.1. The highest BCUT2D eigenvalue weighted by atomic mass is 19.4. The Bertz CT molecular complexity index is 495. The zero-order valence-electron chi connectivity index (χ0n) is 14.0. The van der Waals surface area contributed by atoms with Crippen LogP contribution in [0.2, 0.25) is 0 Å². The third kappa shape index (κ3) is 6.36. The highest BCUT2D eigenvalue weighted by molar-refractivity contribution is 5.35. The first-order valence-corrected chi connectivity index (χ1v) is 8.36. The van der Waals surface area contributed by atoms with Crippen LogP contribution in [0.25, 0.3) is 0 Å². The van der Waals surface area contributed by atoms with Gasteiger partial charge in [-0.1, -0.05) is 52.0 Å². The molecule has 0 aromatic heterocycles. The first-order valence-electron chi connectivity index (χ1n) is 8.36. The van der Waals surface area contributed by atoms with Crippen LogP contribution >= 0.6 is 0 Å². The minimum absolute atomic E-state index is 0.0535. The zero-order chi connectivity index (χ0) is 18.4. The van der Waals surface area contributed by atoms with E-state index in [-0.39, 0.29) is 18.1 Å². The van der Waals surface area contributed by atoms with Crippen molar-refractivity contribution in [2.45, 2.75) is 71.1 Å². The fraction of sp³-hybridized carbons (Fsp3) is 0.667. The summed E-state index contributed by atoms with van der Waals surface area (Å²) in [6.45, 7) is 4.14. The molecule has 0 nitrogen and oxygen atoms in total. The Labute approximate surface area is 139 Å². The molecule has 0 saturated carbocycles. The van der Waals surface area contributed by atoms with Crippen LogP contribution in [-0.4, -0.2) is 0 Å². The Hall–Kier alpha value is -1.20. The van der Waals surface area contributed by atoms with E-state index in [0.717, 1.165) is 44.2 Å². The summed E-state index contributed by atoms with van der Waals surface area (Å²) in [5.41, 5.74) is -2.48. The molecule has 0 bridgehead atoms. The second-order valence-corrected chi connectivity index (χ2v) is 6.20. The zero-order valence-corrected chi connectivity index (χ0v) is 14.0. The lowest BCUT2D eigenvalue weighted by Crippen LogP contribution is -2.13. The fourth-order valence-corrected chi connectivity index (χ4v) is 3.07. The van der Waals surface area contributed by atoms with E-state index in [4.69, 9.17) is 0 Å². The van der Waals surface area contributed by atoms with Gasteiger partial charge in [0.2, 0.25) is 0 Å². The van der Waals surface area contributed by atoms with Crippen molar-refractivity contribution in [3.05, 3.63) is 34.9 Å². The molecule has 0 aliphatic carbocycles. The van der Waals surface area contributed by atoms with Crippen molar-refractivity contribution in [3.8, 4) is 0 Å². The average Bonchev–Trinajstić information content (AvgIpc) is 2.45. The van der Waals surface area contributed by atoms with Gasteiger partial charge in [0, 0.05) is 0 Å². The van der Waals surface area contributed by atoms with Gasteiger partial charge in [-0.2, -0.15) is 26.3 Å². The number of rotatable bonds is 8. The van der Waals surface area contributed by atoms with Crippen molar-refractivity contribution < 1.29 is 26.3 Å². The van der Waals surface area contributed by atoms with Gasteiger partial charge in [0.1, 0.15) is 0 Å². The predicted molar refractivity (Wildman–Crippen MR) is 82.7 cm³/mol. The highest BCUT2D eigenvalue weighted by Gasteiger charge is 2.37. The van der Waals surface area contributed by atoms with Crippen LogP contribution in [-0.2, 0) is 18.8 Å². The molecule has 0 amide bonds. The second kappa shape index (κ2) is 8.77. The monoisotopic (exact) mass is 354 g/mol. The van der Waals surface area contributed by atoms with Crippen molar-refractivity contribution in [2.24, 2.45) is 5.92 Å². The Morgan fingerprint density at radius 1 is 0.833 bits per heavy atom. The van der Waals surface area contributed by atoms with Crippen molar-refractivity contribution in [3.63, 3.8) is 0 Å². The van der Waals surface area contributed by atoms with Crippen molar-refractivity contribution in [1.82, 2.24) is 0 Å². The molecule has 1 aromatic carbocycles. The van der Waals surface area contributed by atoms with Crippen molar-refractivity contribution in [2.75, 3.05) is 0 Å². The van der Waals surface area contributed by atoms with Crippen LogP contribution < -0.4 is 0 Å². The molecule has 24 heavy (non-hydrogen) atoms. The standard InChI is InChI=1S/C18H24F6/c1-3-6-13(7-4-2)8-5-9-14-10-11-15(17(19,20)21)12-16(14)18(22,23)24/h10-13H,3-9H2,1-2H3. The molecule has 0 N–H and O–H groups in total. The van der Waals surface area contributed by atoms with Crippen molar-refractivity contribution in [1.29, 1.82) is 0 Å². The summed E-state index contributed by atoms with van der Waals surface area (Å²) in [5, 5.41) is 0. The lowest BCUT2D eigenvalue weighted by Gasteiger charge is -2.18. The van der Waals surface area contributed by atoms with E-state index in [0.29, 0.717) is 12.3 Å². The third-order valence-corrected chi connectivity index (χ3v) is 4.19. The fourth-order valence-electron chi connectivity index (χ4n) is 3.07. The Balaban J connectivity index is 2.87. The van der Waals surface area contributed by atoms with E-state index in [1.165, 1.54) is 0 Å². The third-order valence-electron chi connectivity index (χ3n) is 4.19. The maximum absolute atomic E-state index is 13.1. The first kappa shape index (κ1) is 20.8. The second-order valence-electron chi connectivity index (χ2n) is 6.20. The molecule has 0 aliphatic heterocycles. The lowest BCUT2D eigenvalue weighted by atomic mass is 9.90. The topological polar surface area (TPSA) is 0 Å². The SMILES string of the molecule is CCCC(CCC)CCCc1ccc(C(F)(F)F)cc1C(F)(F)F. The molecule has 1 rings (SSSR count). The maximum atomic E-state index is 13.1. The smallest absolute Gasteiger partial charge is 0.166 e.